The molecule has 0 atom stereocenters. The summed E-state index contributed by atoms with van der Waals surface area (Å²) in [6, 6.07) is 6.29. The van der Waals surface area contributed by atoms with E-state index in [1.165, 1.54) is 10.6 Å². The van der Waals surface area contributed by atoms with Crippen LogP contribution in [0.25, 0.3) is 12.2 Å². The molecule has 0 aliphatic carbocycles. The third-order valence-electron chi connectivity index (χ3n) is 3.70. The van der Waals surface area contributed by atoms with Crippen molar-refractivity contribution in [1.29, 1.82) is 0 Å². The molecule has 0 saturated heterocycles. The summed E-state index contributed by atoms with van der Waals surface area (Å²) in [5.41, 5.74) is 3.75. The van der Waals surface area contributed by atoms with Gasteiger partial charge in [-0.15, -0.1) is 0 Å². The summed E-state index contributed by atoms with van der Waals surface area (Å²) < 4.78 is 27.2. The zero-order chi connectivity index (χ0) is 14.4. The highest BCUT2D eigenvalue weighted by molar-refractivity contribution is 7.72. The van der Waals surface area contributed by atoms with Gasteiger partial charge in [-0.1, -0.05) is 12.2 Å². The SMILES string of the molecule is Cc1cc(F)cc2c1P(C)c1c(C)cc(F)cc1C=C2. The fourth-order valence-electron chi connectivity index (χ4n) is 2.98. The maximum atomic E-state index is 13.6. The van der Waals surface area contributed by atoms with Crippen LogP contribution < -0.4 is 10.6 Å². The van der Waals surface area contributed by atoms with Crippen LogP contribution in [0.2, 0.25) is 0 Å². The number of fused-ring (bicyclic) bond motifs is 2. The van der Waals surface area contributed by atoms with Crippen LogP contribution in [0.3, 0.4) is 0 Å². The first-order valence-corrected chi connectivity index (χ1v) is 8.28. The van der Waals surface area contributed by atoms with Crippen LogP contribution in [-0.4, -0.2) is 6.66 Å². The molecule has 0 aromatic heterocycles. The van der Waals surface area contributed by atoms with Crippen LogP contribution in [0.4, 0.5) is 8.78 Å². The lowest BCUT2D eigenvalue weighted by molar-refractivity contribution is 0.626. The van der Waals surface area contributed by atoms with E-state index in [1.807, 2.05) is 26.0 Å². The Morgan fingerprint density at radius 1 is 0.750 bits per heavy atom. The van der Waals surface area contributed by atoms with Crippen LogP contribution >= 0.6 is 7.92 Å². The Hall–Kier alpha value is -1.53. The first kappa shape index (κ1) is 13.5. The molecule has 3 rings (SSSR count). The van der Waals surface area contributed by atoms with Crippen LogP contribution in [0.5, 0.6) is 0 Å². The third-order valence-corrected chi connectivity index (χ3v) is 6.27. The molecule has 3 heteroatoms. The molecule has 0 amide bonds. The van der Waals surface area contributed by atoms with Crippen molar-refractivity contribution in [3.63, 3.8) is 0 Å². The minimum atomic E-state index is -0.612. The Kier molecular flexibility index (Phi) is 3.22. The molecule has 20 heavy (non-hydrogen) atoms. The van der Waals surface area contributed by atoms with Gasteiger partial charge in [-0.2, -0.15) is 0 Å². The molecule has 0 unspecified atom stereocenters. The molecular weight excluding hydrogens is 273 g/mol. The fourth-order valence-corrected chi connectivity index (χ4v) is 5.45. The summed E-state index contributed by atoms with van der Waals surface area (Å²) in [6.07, 6.45) is 3.80. The maximum absolute atomic E-state index is 13.6. The third kappa shape index (κ3) is 2.09. The molecule has 0 radical (unpaired) electrons. The molecule has 102 valence electrons. The van der Waals surface area contributed by atoms with E-state index in [2.05, 4.69) is 6.66 Å². The van der Waals surface area contributed by atoms with Crippen LogP contribution in [0.1, 0.15) is 22.3 Å². The van der Waals surface area contributed by atoms with Crippen molar-refractivity contribution >= 4 is 30.7 Å². The van der Waals surface area contributed by atoms with Gasteiger partial charge in [-0.05, 0) is 85.6 Å². The van der Waals surface area contributed by atoms with E-state index in [0.717, 1.165) is 22.3 Å². The van der Waals surface area contributed by atoms with Crippen LogP contribution in [-0.2, 0) is 0 Å². The van der Waals surface area contributed by atoms with Gasteiger partial charge in [0.15, 0.2) is 0 Å². The largest absolute Gasteiger partial charge is 0.207 e. The number of rotatable bonds is 0. The van der Waals surface area contributed by atoms with Gasteiger partial charge in [0.1, 0.15) is 11.6 Å². The number of benzene rings is 2. The van der Waals surface area contributed by atoms with Crippen LogP contribution in [0, 0.1) is 25.5 Å². The molecule has 1 heterocycles. The van der Waals surface area contributed by atoms with Gasteiger partial charge >= 0.3 is 0 Å². The lowest BCUT2D eigenvalue weighted by Crippen LogP contribution is -2.19. The average Bonchev–Trinajstić information content (AvgIpc) is 2.46. The van der Waals surface area contributed by atoms with E-state index in [0.29, 0.717) is 0 Å². The quantitative estimate of drug-likeness (QED) is 0.639. The summed E-state index contributed by atoms with van der Waals surface area (Å²) >= 11 is 0. The predicted octanol–water partition coefficient (Wildman–Crippen LogP) is 4.13. The van der Waals surface area contributed by atoms with Gasteiger partial charge < -0.3 is 0 Å². The Balaban J connectivity index is 2.32. The second kappa shape index (κ2) is 4.79. The second-order valence-electron chi connectivity index (χ2n) is 5.21. The van der Waals surface area contributed by atoms with Crippen molar-refractivity contribution in [2.45, 2.75) is 13.8 Å². The van der Waals surface area contributed by atoms with E-state index in [4.69, 9.17) is 0 Å². The highest BCUT2D eigenvalue weighted by atomic mass is 31.1. The van der Waals surface area contributed by atoms with E-state index in [-0.39, 0.29) is 11.6 Å². The minimum Gasteiger partial charge on any atom is -0.207 e. The van der Waals surface area contributed by atoms with Crippen LogP contribution in [0.15, 0.2) is 24.3 Å². The Morgan fingerprint density at radius 3 is 1.55 bits per heavy atom. The van der Waals surface area contributed by atoms with Gasteiger partial charge in [0, 0.05) is 0 Å². The molecule has 0 bridgehead atoms. The molecule has 0 fully saturated rings. The molecule has 0 spiro atoms. The summed E-state index contributed by atoms with van der Waals surface area (Å²) in [7, 11) is -0.612. The topological polar surface area (TPSA) is 0 Å². The van der Waals surface area contributed by atoms with Crippen molar-refractivity contribution in [3.05, 3.63) is 58.2 Å². The smallest absolute Gasteiger partial charge is 0.124 e. The van der Waals surface area contributed by atoms with Crippen molar-refractivity contribution < 1.29 is 8.78 Å². The molecule has 2 aromatic rings. The first-order chi connectivity index (χ1) is 9.47. The number of halogens is 2. The Labute approximate surface area is 118 Å². The lowest BCUT2D eigenvalue weighted by atomic mass is 10.1. The summed E-state index contributed by atoms with van der Waals surface area (Å²) in [5.74, 6) is -0.439. The maximum Gasteiger partial charge on any atom is 0.124 e. The molecule has 0 saturated carbocycles. The predicted molar refractivity (Wildman–Crippen MR) is 83.3 cm³/mol. The fraction of sp³-hybridized carbons (Fsp3) is 0.176. The second-order valence-corrected chi connectivity index (χ2v) is 7.23. The molecular formula is C17H15F2P. The van der Waals surface area contributed by atoms with Crippen molar-refractivity contribution in [2.75, 3.05) is 6.66 Å². The van der Waals surface area contributed by atoms with E-state index >= 15 is 0 Å². The van der Waals surface area contributed by atoms with Gasteiger partial charge in [0.2, 0.25) is 0 Å². The summed E-state index contributed by atoms with van der Waals surface area (Å²) in [6.45, 7) is 6.05. The molecule has 1 aliphatic rings. The summed E-state index contributed by atoms with van der Waals surface area (Å²) in [5, 5.41) is 2.37. The molecule has 0 N–H and O–H groups in total. The van der Waals surface area contributed by atoms with Gasteiger partial charge in [0.05, 0.1) is 0 Å². The molecule has 1 aliphatic heterocycles. The first-order valence-electron chi connectivity index (χ1n) is 6.49. The monoisotopic (exact) mass is 288 g/mol. The highest BCUT2D eigenvalue weighted by Crippen LogP contribution is 2.38. The van der Waals surface area contributed by atoms with Gasteiger partial charge in [-0.25, -0.2) is 8.78 Å². The van der Waals surface area contributed by atoms with Gasteiger partial charge in [0.25, 0.3) is 0 Å². The Morgan fingerprint density at radius 2 is 1.15 bits per heavy atom. The van der Waals surface area contributed by atoms with E-state index in [1.54, 1.807) is 24.3 Å². The summed E-state index contributed by atoms with van der Waals surface area (Å²) in [4.78, 5) is 0. The number of hydrogen-bond acceptors (Lipinski definition) is 0. The number of hydrogen-bond donors (Lipinski definition) is 0. The Bertz CT molecular complexity index is 671. The average molecular weight is 288 g/mol. The zero-order valence-electron chi connectivity index (χ0n) is 11.7. The zero-order valence-corrected chi connectivity index (χ0v) is 12.6. The number of aryl methyl sites for hydroxylation is 2. The van der Waals surface area contributed by atoms with E-state index in [9.17, 15) is 8.78 Å². The highest BCUT2D eigenvalue weighted by Gasteiger charge is 2.22. The standard InChI is InChI=1S/C17H15F2P/c1-10-6-14(18)8-12-4-5-13-9-15(19)7-11(2)17(13)20(3)16(10)12/h4-9H,1-3H3. The molecule has 0 nitrogen and oxygen atoms in total. The van der Waals surface area contributed by atoms with Crippen molar-refractivity contribution in [1.82, 2.24) is 0 Å². The van der Waals surface area contributed by atoms with E-state index < -0.39 is 7.92 Å². The van der Waals surface area contributed by atoms with Gasteiger partial charge in [-0.3, -0.25) is 0 Å². The van der Waals surface area contributed by atoms with Crippen molar-refractivity contribution in [3.8, 4) is 0 Å². The normalized spacial score (nSPS) is 13.8. The van der Waals surface area contributed by atoms with Crippen molar-refractivity contribution in [2.24, 2.45) is 0 Å². The minimum absolute atomic E-state index is 0.219. The molecule has 2 aromatic carbocycles. The lowest BCUT2D eigenvalue weighted by Gasteiger charge is -2.20.